The monoisotopic (exact) mass is 311 g/mol. The second-order valence-corrected chi connectivity index (χ2v) is 6.39. The van der Waals surface area contributed by atoms with E-state index in [-0.39, 0.29) is 10.6 Å². The fourth-order valence-corrected chi connectivity index (χ4v) is 3.07. The first kappa shape index (κ1) is 14.2. The molecule has 0 saturated heterocycles. The smallest absolute Gasteiger partial charge is 0.201 e. The molecule has 6 heteroatoms. The molecule has 22 heavy (non-hydrogen) atoms. The van der Waals surface area contributed by atoms with Gasteiger partial charge < -0.3 is 0 Å². The van der Waals surface area contributed by atoms with Gasteiger partial charge in [0.15, 0.2) is 5.84 Å². The number of sulfone groups is 1. The van der Waals surface area contributed by atoms with Crippen LogP contribution in [0.4, 0.5) is 0 Å². The van der Waals surface area contributed by atoms with Crippen molar-refractivity contribution in [1.29, 1.82) is 0 Å². The van der Waals surface area contributed by atoms with E-state index in [0.29, 0.717) is 5.84 Å². The average Bonchev–Trinajstić information content (AvgIpc) is 2.56. The summed E-state index contributed by atoms with van der Waals surface area (Å²) >= 11 is 0. The van der Waals surface area contributed by atoms with Crippen molar-refractivity contribution in [3.05, 3.63) is 77.3 Å². The number of hydrogen-bond donors (Lipinski definition) is 1. The highest BCUT2D eigenvalue weighted by Gasteiger charge is 2.14. The Bertz CT molecular complexity index is 855. The zero-order chi connectivity index (χ0) is 15.4. The third-order valence-electron chi connectivity index (χ3n) is 3.00. The van der Waals surface area contributed by atoms with Gasteiger partial charge in [0.05, 0.1) is 22.2 Å². The van der Waals surface area contributed by atoms with E-state index in [1.165, 1.54) is 6.21 Å². The second-order valence-electron chi connectivity index (χ2n) is 4.60. The molecule has 110 valence electrons. The van der Waals surface area contributed by atoms with Crippen molar-refractivity contribution in [2.75, 3.05) is 0 Å². The van der Waals surface area contributed by atoms with Crippen LogP contribution in [-0.2, 0) is 9.84 Å². The van der Waals surface area contributed by atoms with Crippen molar-refractivity contribution in [3.8, 4) is 0 Å². The summed E-state index contributed by atoms with van der Waals surface area (Å²) in [5, 5.41) is 5.08. The number of rotatable bonds is 3. The lowest BCUT2D eigenvalue weighted by atomic mass is 10.2. The molecule has 2 aromatic rings. The van der Waals surface area contributed by atoms with Crippen LogP contribution < -0.4 is 5.43 Å². The van der Waals surface area contributed by atoms with Crippen molar-refractivity contribution in [2.45, 2.75) is 4.90 Å². The lowest BCUT2D eigenvalue weighted by molar-refractivity contribution is 0.604. The lowest BCUT2D eigenvalue weighted by Crippen LogP contribution is -2.22. The predicted molar refractivity (Wildman–Crippen MR) is 86.3 cm³/mol. The van der Waals surface area contributed by atoms with Gasteiger partial charge in [0.2, 0.25) is 9.84 Å². The molecule has 1 heterocycles. The van der Waals surface area contributed by atoms with Crippen LogP contribution in [0.2, 0.25) is 0 Å². The molecule has 0 amide bonds. The largest absolute Gasteiger partial charge is 0.261 e. The normalized spacial score (nSPS) is 16.2. The first-order chi connectivity index (χ1) is 10.6. The zero-order valence-corrected chi connectivity index (χ0v) is 12.4. The molecule has 0 fully saturated rings. The fraction of sp³-hybridized carbons (Fsp3) is 0. The predicted octanol–water partition coefficient (Wildman–Crippen LogP) is 2.34. The van der Waals surface area contributed by atoms with Gasteiger partial charge in [-0.1, -0.05) is 48.5 Å². The summed E-state index contributed by atoms with van der Waals surface area (Å²) in [6.07, 6.45) is 1.38. The SMILES string of the molecule is O=S(=O)(C=C1C=NNC(c2ccccc2)=N1)c1ccccc1. The minimum Gasteiger partial charge on any atom is -0.261 e. The molecule has 0 unspecified atom stereocenters. The molecule has 0 radical (unpaired) electrons. The molecule has 3 rings (SSSR count). The molecule has 2 aromatic carbocycles. The van der Waals surface area contributed by atoms with E-state index in [1.54, 1.807) is 30.3 Å². The Balaban J connectivity index is 1.96. The molecule has 0 atom stereocenters. The maximum Gasteiger partial charge on any atom is 0.201 e. The van der Waals surface area contributed by atoms with Gasteiger partial charge >= 0.3 is 0 Å². The van der Waals surface area contributed by atoms with Gasteiger partial charge in [0.1, 0.15) is 0 Å². The minimum atomic E-state index is -3.55. The number of hydrogen-bond acceptors (Lipinski definition) is 5. The van der Waals surface area contributed by atoms with Crippen molar-refractivity contribution in [3.63, 3.8) is 0 Å². The fourth-order valence-electron chi connectivity index (χ4n) is 1.96. The van der Waals surface area contributed by atoms with Crippen LogP contribution in [0.15, 0.2) is 86.8 Å². The van der Waals surface area contributed by atoms with E-state index in [1.807, 2.05) is 30.3 Å². The van der Waals surface area contributed by atoms with Gasteiger partial charge in [-0.15, -0.1) is 0 Å². The lowest BCUT2D eigenvalue weighted by Gasteiger charge is -2.10. The number of aliphatic imine (C=N–C) groups is 1. The third kappa shape index (κ3) is 3.12. The number of allylic oxidation sites excluding steroid dienone is 1. The minimum absolute atomic E-state index is 0.228. The highest BCUT2D eigenvalue weighted by atomic mass is 32.2. The Morgan fingerprint density at radius 3 is 2.23 bits per heavy atom. The number of hydrazone groups is 1. The van der Waals surface area contributed by atoms with Gasteiger partial charge in [-0.25, -0.2) is 13.4 Å². The molecule has 0 bridgehead atoms. The van der Waals surface area contributed by atoms with E-state index in [0.717, 1.165) is 11.0 Å². The first-order valence-corrected chi connectivity index (χ1v) is 8.15. The molecule has 0 saturated carbocycles. The van der Waals surface area contributed by atoms with Gasteiger partial charge in [-0.05, 0) is 12.1 Å². The summed E-state index contributed by atoms with van der Waals surface area (Å²) in [4.78, 5) is 4.53. The molecular formula is C16H13N3O2S. The Kier molecular flexibility index (Phi) is 3.84. The highest BCUT2D eigenvalue weighted by molar-refractivity contribution is 7.94. The van der Waals surface area contributed by atoms with Crippen LogP contribution in [0.3, 0.4) is 0 Å². The molecule has 0 aliphatic carbocycles. The number of nitrogens with one attached hydrogen (secondary N) is 1. The standard InChI is InChI=1S/C16H13N3O2S/c20-22(21,15-9-5-2-6-10-15)12-14-11-17-19-16(18-14)13-7-3-1-4-8-13/h1-12H,(H,18,19). The topological polar surface area (TPSA) is 70.9 Å². The maximum absolute atomic E-state index is 12.3. The Hall–Kier alpha value is -2.73. The molecule has 1 N–H and O–H groups in total. The van der Waals surface area contributed by atoms with Crippen molar-refractivity contribution in [1.82, 2.24) is 5.43 Å². The van der Waals surface area contributed by atoms with Crippen molar-refractivity contribution >= 4 is 21.9 Å². The summed E-state index contributed by atoms with van der Waals surface area (Å²) in [5.74, 6) is 0.512. The third-order valence-corrected chi connectivity index (χ3v) is 4.48. The number of benzene rings is 2. The quantitative estimate of drug-likeness (QED) is 0.945. The Morgan fingerprint density at radius 2 is 1.55 bits per heavy atom. The summed E-state index contributed by atoms with van der Waals surface area (Å²) in [6.45, 7) is 0. The molecular weight excluding hydrogens is 298 g/mol. The van der Waals surface area contributed by atoms with Crippen LogP contribution in [0.5, 0.6) is 0 Å². The summed E-state index contributed by atoms with van der Waals surface area (Å²) < 4.78 is 24.6. The summed E-state index contributed by atoms with van der Waals surface area (Å²) in [7, 11) is -3.55. The van der Waals surface area contributed by atoms with E-state index in [9.17, 15) is 8.42 Å². The van der Waals surface area contributed by atoms with Gasteiger partial charge in [0, 0.05) is 5.56 Å². The molecule has 1 aliphatic heterocycles. The maximum atomic E-state index is 12.3. The van der Waals surface area contributed by atoms with E-state index < -0.39 is 9.84 Å². The van der Waals surface area contributed by atoms with Gasteiger partial charge in [-0.2, -0.15) is 5.10 Å². The van der Waals surface area contributed by atoms with E-state index >= 15 is 0 Å². The molecule has 1 aliphatic rings. The van der Waals surface area contributed by atoms with E-state index in [4.69, 9.17) is 0 Å². The summed E-state index contributed by atoms with van der Waals surface area (Å²) in [5.41, 5.74) is 3.89. The van der Waals surface area contributed by atoms with Crippen molar-refractivity contribution in [2.24, 2.45) is 10.1 Å². The number of nitrogens with zero attached hydrogens (tertiary/aromatic N) is 2. The van der Waals surface area contributed by atoms with Crippen molar-refractivity contribution < 1.29 is 8.42 Å². The number of amidine groups is 1. The van der Waals surface area contributed by atoms with Crippen LogP contribution >= 0.6 is 0 Å². The van der Waals surface area contributed by atoms with Crippen LogP contribution in [0.1, 0.15) is 5.56 Å². The first-order valence-electron chi connectivity index (χ1n) is 6.60. The van der Waals surface area contributed by atoms with E-state index in [2.05, 4.69) is 15.5 Å². The Morgan fingerprint density at radius 1 is 0.909 bits per heavy atom. The highest BCUT2D eigenvalue weighted by Crippen LogP contribution is 2.15. The summed E-state index contributed by atoms with van der Waals surface area (Å²) in [6, 6.07) is 17.6. The Labute approximate surface area is 128 Å². The van der Waals surface area contributed by atoms with Crippen LogP contribution in [0.25, 0.3) is 0 Å². The second kappa shape index (κ2) is 5.95. The molecule has 0 aromatic heterocycles. The molecule has 0 spiro atoms. The van der Waals surface area contributed by atoms with Gasteiger partial charge in [0.25, 0.3) is 0 Å². The van der Waals surface area contributed by atoms with Gasteiger partial charge in [-0.3, -0.25) is 5.43 Å². The molecule has 5 nitrogen and oxygen atoms in total. The average molecular weight is 311 g/mol. The zero-order valence-electron chi connectivity index (χ0n) is 11.5. The van der Waals surface area contributed by atoms with Crippen LogP contribution in [-0.4, -0.2) is 20.5 Å². The van der Waals surface area contributed by atoms with Crippen LogP contribution in [0, 0.1) is 0 Å².